The van der Waals surface area contributed by atoms with E-state index in [-0.39, 0.29) is 18.8 Å². The first-order valence-electron chi connectivity index (χ1n) is 10.3. The van der Waals surface area contributed by atoms with Crippen molar-refractivity contribution in [3.63, 3.8) is 0 Å². The topological polar surface area (TPSA) is 134 Å². The smallest absolute Gasteiger partial charge is 0.363 e. The molecule has 0 bridgehead atoms. The van der Waals surface area contributed by atoms with Gasteiger partial charge in [0.25, 0.3) is 0 Å². The van der Waals surface area contributed by atoms with E-state index in [1.807, 2.05) is 0 Å². The highest BCUT2D eigenvalue weighted by molar-refractivity contribution is 8.06. The van der Waals surface area contributed by atoms with Crippen molar-refractivity contribution in [1.82, 2.24) is 9.88 Å². The summed E-state index contributed by atoms with van der Waals surface area (Å²) in [6.45, 7) is 7.96. The van der Waals surface area contributed by atoms with Gasteiger partial charge in [-0.25, -0.2) is 9.78 Å². The zero-order chi connectivity index (χ0) is 24.7. The van der Waals surface area contributed by atoms with Crippen LogP contribution in [0, 0.1) is 16.7 Å². The predicted octanol–water partition coefficient (Wildman–Crippen LogP) is 2.09. The van der Waals surface area contributed by atoms with E-state index >= 15 is 0 Å². The molecule has 3 heterocycles. The van der Waals surface area contributed by atoms with Crippen molar-refractivity contribution in [2.24, 2.45) is 16.7 Å². The molecule has 1 aromatic rings. The maximum absolute atomic E-state index is 13.4. The average molecular weight is 495 g/mol. The third kappa shape index (κ3) is 3.86. The molecule has 1 aromatic heterocycles. The summed E-state index contributed by atoms with van der Waals surface area (Å²) in [5.41, 5.74) is -0.624. The summed E-state index contributed by atoms with van der Waals surface area (Å²) in [6, 6.07) is -0.793. The van der Waals surface area contributed by atoms with Crippen molar-refractivity contribution < 1.29 is 34.1 Å². The van der Waals surface area contributed by atoms with E-state index in [4.69, 9.17) is 0 Å². The van der Waals surface area contributed by atoms with E-state index in [9.17, 15) is 29.4 Å². The highest BCUT2D eigenvalue weighted by atomic mass is 32.2. The Kier molecular flexibility index (Phi) is 6.99. The third-order valence-electron chi connectivity index (χ3n) is 5.98. The molecule has 9 nitrogen and oxygen atoms in total. The number of carbonyl (C=O) groups excluding carboxylic acids is 4. The first-order valence-corrected chi connectivity index (χ1v) is 12.0. The number of Topliss-reactive ketones (excluding diaryl/α,β-unsaturated/α-hetero) is 1. The van der Waals surface area contributed by atoms with Gasteiger partial charge in [0, 0.05) is 16.2 Å². The lowest BCUT2D eigenvalue weighted by Gasteiger charge is -2.56. The Bertz CT molecular complexity index is 1050. The number of aliphatic hydroxyl groups excluding tert-OH is 2. The van der Waals surface area contributed by atoms with Crippen molar-refractivity contribution in [2.75, 3.05) is 0 Å². The molecule has 11 heteroatoms. The maximum atomic E-state index is 13.4. The molecule has 1 amide bonds. The Hall–Kier alpha value is -2.34. The fraction of sp³-hybridized carbons (Fsp3) is 0.500. The predicted molar refractivity (Wildman–Crippen MR) is 122 cm³/mol. The summed E-state index contributed by atoms with van der Waals surface area (Å²) in [5, 5.41) is 21.7. The van der Waals surface area contributed by atoms with Gasteiger partial charge in [-0.15, -0.1) is 11.3 Å². The fourth-order valence-electron chi connectivity index (χ4n) is 4.56. The minimum atomic E-state index is -1.71. The molecule has 178 valence electrons. The van der Waals surface area contributed by atoms with Crippen molar-refractivity contribution >= 4 is 53.3 Å². The third-order valence-corrected chi connectivity index (χ3v) is 7.91. The second-order valence-electron chi connectivity index (χ2n) is 8.99. The Morgan fingerprint density at radius 3 is 2.64 bits per heavy atom. The number of hydrogen-bond acceptors (Lipinski definition) is 10. The van der Waals surface area contributed by atoms with E-state index in [0.717, 1.165) is 16.6 Å². The Balaban J connectivity index is 2.04. The highest BCUT2D eigenvalue weighted by Crippen LogP contribution is 2.58. The lowest BCUT2D eigenvalue weighted by Crippen LogP contribution is -2.76. The van der Waals surface area contributed by atoms with Gasteiger partial charge < -0.3 is 14.9 Å². The number of esters is 1. The number of rotatable bonds is 8. The first-order chi connectivity index (χ1) is 15.4. The van der Waals surface area contributed by atoms with E-state index in [1.165, 1.54) is 23.2 Å². The molecular weight excluding hydrogens is 468 g/mol. The zero-order valence-electron chi connectivity index (χ0n) is 18.9. The van der Waals surface area contributed by atoms with Gasteiger partial charge in [0.2, 0.25) is 5.91 Å². The molecule has 0 radical (unpaired) electrons. The SMILES string of the molecule is C[C@H]1C(SC=Cc2scnc2CO)=C(C(=O)OC=O)N2C(=O)[C@](C(=O)C(C)(C)C)([C@@H](C)O)[C@@H]12. The van der Waals surface area contributed by atoms with Gasteiger partial charge in [0.15, 0.2) is 11.2 Å². The molecule has 0 spiro atoms. The fourth-order valence-corrected chi connectivity index (χ4v) is 6.32. The van der Waals surface area contributed by atoms with Crippen LogP contribution < -0.4 is 0 Å². The molecular formula is C22H26N2O7S2. The summed E-state index contributed by atoms with van der Waals surface area (Å²) in [6.07, 6.45) is 0.434. The van der Waals surface area contributed by atoms with Crippen molar-refractivity contribution in [2.45, 2.75) is 53.4 Å². The van der Waals surface area contributed by atoms with Gasteiger partial charge in [0.05, 0.1) is 34.8 Å². The monoisotopic (exact) mass is 494 g/mol. The molecule has 0 unspecified atom stereocenters. The van der Waals surface area contributed by atoms with Crippen LogP contribution in [0.25, 0.3) is 6.08 Å². The molecule has 33 heavy (non-hydrogen) atoms. The average Bonchev–Trinajstić information content (AvgIpc) is 3.29. The van der Waals surface area contributed by atoms with Gasteiger partial charge in [-0.05, 0) is 18.4 Å². The maximum Gasteiger partial charge on any atom is 0.363 e. The molecule has 0 saturated carbocycles. The number of amides is 1. The molecule has 0 aromatic carbocycles. The Labute approximate surface area is 199 Å². The summed E-state index contributed by atoms with van der Waals surface area (Å²) >= 11 is 2.48. The second-order valence-corrected chi connectivity index (χ2v) is 10.8. The summed E-state index contributed by atoms with van der Waals surface area (Å²) in [4.78, 5) is 56.7. The second kappa shape index (κ2) is 9.13. The number of β-lactam (4-membered cyclic amide) rings is 1. The van der Waals surface area contributed by atoms with Gasteiger partial charge in [-0.2, -0.15) is 0 Å². The number of aliphatic hydroxyl groups is 2. The molecule has 2 aliphatic heterocycles. The highest BCUT2D eigenvalue weighted by Gasteiger charge is 2.74. The van der Waals surface area contributed by atoms with Crippen LogP contribution in [-0.4, -0.2) is 56.4 Å². The molecule has 3 rings (SSSR count). The normalized spacial score (nSPS) is 25.8. The van der Waals surface area contributed by atoms with Crippen LogP contribution in [0.1, 0.15) is 45.2 Å². The number of ether oxygens (including phenoxy) is 1. The van der Waals surface area contributed by atoms with Crippen LogP contribution in [0.4, 0.5) is 0 Å². The van der Waals surface area contributed by atoms with Gasteiger partial charge >= 0.3 is 12.4 Å². The molecule has 2 aliphatic rings. The van der Waals surface area contributed by atoms with Crippen molar-refractivity contribution in [3.05, 3.63) is 32.1 Å². The van der Waals surface area contributed by atoms with E-state index in [2.05, 4.69) is 9.72 Å². The van der Waals surface area contributed by atoms with Crippen LogP contribution in [-0.2, 0) is 30.5 Å². The largest absolute Gasteiger partial charge is 0.392 e. The number of thiazole rings is 1. The Morgan fingerprint density at radius 1 is 1.42 bits per heavy atom. The first kappa shape index (κ1) is 25.3. The number of ketones is 1. The van der Waals surface area contributed by atoms with Gasteiger partial charge in [0.1, 0.15) is 5.70 Å². The standard InChI is InChI=1S/C22H26N2O7S2/c1-11-16(32-7-6-14-13(8-25)23-9-33-14)15(18(28)31-10-26)24-17(11)22(12(2)27,20(24)30)19(29)21(3,4)5/h6-7,9-12,17,25,27H,8H2,1-5H3/t11-,12+,17+,22+/m0/s1. The molecule has 1 fully saturated rings. The minimum absolute atomic E-state index is 0.0111. The number of hydrogen-bond donors (Lipinski definition) is 2. The molecule has 0 aliphatic carbocycles. The lowest BCUT2D eigenvalue weighted by atomic mass is 9.57. The van der Waals surface area contributed by atoms with Crippen molar-refractivity contribution in [3.8, 4) is 0 Å². The molecule has 1 saturated heterocycles. The van der Waals surface area contributed by atoms with E-state index in [1.54, 1.807) is 44.7 Å². The number of nitrogens with zero attached hydrogens (tertiary/aromatic N) is 2. The summed E-state index contributed by atoms with van der Waals surface area (Å²) in [5.74, 6) is -2.59. The number of aromatic nitrogens is 1. The molecule has 4 atom stereocenters. The van der Waals surface area contributed by atoms with Crippen LogP contribution in [0.3, 0.4) is 0 Å². The Morgan fingerprint density at radius 2 is 2.09 bits per heavy atom. The minimum Gasteiger partial charge on any atom is -0.392 e. The van der Waals surface area contributed by atoms with Crippen LogP contribution >= 0.6 is 23.1 Å². The van der Waals surface area contributed by atoms with Gasteiger partial charge in [-0.3, -0.25) is 19.3 Å². The summed E-state index contributed by atoms with van der Waals surface area (Å²) < 4.78 is 4.55. The number of carbonyl (C=O) groups is 4. The van der Waals surface area contributed by atoms with E-state index < -0.39 is 46.6 Å². The zero-order valence-corrected chi connectivity index (χ0v) is 20.5. The number of fused-ring (bicyclic) bond motifs is 1. The quantitative estimate of drug-likeness (QED) is 0.241. The van der Waals surface area contributed by atoms with Crippen LogP contribution in [0.15, 0.2) is 21.5 Å². The molecule has 2 N–H and O–H groups in total. The summed E-state index contributed by atoms with van der Waals surface area (Å²) in [7, 11) is 0. The lowest BCUT2D eigenvalue weighted by molar-refractivity contribution is -0.192. The van der Waals surface area contributed by atoms with Crippen LogP contribution in [0.5, 0.6) is 0 Å². The van der Waals surface area contributed by atoms with E-state index in [0.29, 0.717) is 10.6 Å². The number of thioether (sulfide) groups is 1. The van der Waals surface area contributed by atoms with Crippen LogP contribution in [0.2, 0.25) is 0 Å². The van der Waals surface area contributed by atoms with Crippen molar-refractivity contribution in [1.29, 1.82) is 0 Å². The van der Waals surface area contributed by atoms with Gasteiger partial charge in [-0.1, -0.05) is 39.5 Å².